The van der Waals surface area contributed by atoms with E-state index in [4.69, 9.17) is 10.5 Å². The molecular formula is C13H19NO3. The van der Waals surface area contributed by atoms with E-state index in [1.807, 2.05) is 26.0 Å². The van der Waals surface area contributed by atoms with Crippen LogP contribution in [0.25, 0.3) is 0 Å². The van der Waals surface area contributed by atoms with Gasteiger partial charge in [-0.15, -0.1) is 0 Å². The predicted octanol–water partition coefficient (Wildman–Crippen LogP) is 1.70. The van der Waals surface area contributed by atoms with Gasteiger partial charge >= 0.3 is 5.97 Å². The molecule has 2 N–H and O–H groups in total. The Balaban J connectivity index is 2.95. The van der Waals surface area contributed by atoms with Crippen LogP contribution in [-0.2, 0) is 16.1 Å². The van der Waals surface area contributed by atoms with E-state index < -0.39 is 6.10 Å². The molecule has 0 aliphatic rings. The highest BCUT2D eigenvalue weighted by atomic mass is 16.6. The first-order chi connectivity index (χ1) is 7.99. The number of aryl methyl sites for hydroxylation is 2. The second-order valence-corrected chi connectivity index (χ2v) is 4.05. The summed E-state index contributed by atoms with van der Waals surface area (Å²) in [7, 11) is 1.35. The number of nitrogens with two attached hydrogens (primary N) is 1. The van der Waals surface area contributed by atoms with Crippen molar-refractivity contribution in [3.05, 3.63) is 28.8 Å². The van der Waals surface area contributed by atoms with Crippen LogP contribution in [0, 0.1) is 13.8 Å². The van der Waals surface area contributed by atoms with Crippen molar-refractivity contribution >= 4 is 5.97 Å². The molecule has 0 heterocycles. The van der Waals surface area contributed by atoms with E-state index in [1.165, 1.54) is 7.11 Å². The fourth-order valence-corrected chi connectivity index (χ4v) is 1.73. The maximum absolute atomic E-state index is 11.3. The van der Waals surface area contributed by atoms with Crippen molar-refractivity contribution in [3.63, 3.8) is 0 Å². The fraction of sp³-hybridized carbons (Fsp3) is 0.462. The molecule has 94 valence electrons. The van der Waals surface area contributed by atoms with Gasteiger partial charge in [0.05, 0.1) is 7.11 Å². The van der Waals surface area contributed by atoms with Gasteiger partial charge in [0.15, 0.2) is 6.10 Å². The predicted molar refractivity (Wildman–Crippen MR) is 65.9 cm³/mol. The van der Waals surface area contributed by atoms with Gasteiger partial charge in [0.2, 0.25) is 0 Å². The molecule has 1 atom stereocenters. The summed E-state index contributed by atoms with van der Waals surface area (Å²) in [5, 5.41) is 0. The molecule has 0 aromatic heterocycles. The smallest absolute Gasteiger partial charge is 0.346 e. The molecule has 4 heteroatoms. The second-order valence-electron chi connectivity index (χ2n) is 4.05. The Morgan fingerprint density at radius 1 is 1.35 bits per heavy atom. The summed E-state index contributed by atoms with van der Waals surface area (Å²) in [6, 6.07) is 3.93. The maximum Gasteiger partial charge on any atom is 0.346 e. The minimum atomic E-state index is -0.610. The monoisotopic (exact) mass is 237 g/mol. The highest BCUT2D eigenvalue weighted by Crippen LogP contribution is 2.25. The Bertz CT molecular complexity index is 392. The van der Waals surface area contributed by atoms with Gasteiger partial charge in [-0.3, -0.25) is 0 Å². The topological polar surface area (TPSA) is 61.5 Å². The third-order valence-electron chi connectivity index (χ3n) is 2.58. The van der Waals surface area contributed by atoms with Gasteiger partial charge in [-0.2, -0.15) is 0 Å². The first-order valence-corrected chi connectivity index (χ1v) is 5.54. The molecule has 0 saturated carbocycles. The van der Waals surface area contributed by atoms with Crippen molar-refractivity contribution in [1.29, 1.82) is 0 Å². The zero-order valence-electron chi connectivity index (χ0n) is 10.7. The molecule has 17 heavy (non-hydrogen) atoms. The molecule has 0 amide bonds. The van der Waals surface area contributed by atoms with E-state index in [0.29, 0.717) is 6.54 Å². The molecule has 0 aliphatic heterocycles. The van der Waals surface area contributed by atoms with E-state index >= 15 is 0 Å². The van der Waals surface area contributed by atoms with Gasteiger partial charge in [0.25, 0.3) is 0 Å². The Morgan fingerprint density at radius 3 is 2.29 bits per heavy atom. The lowest BCUT2D eigenvalue weighted by atomic mass is 10.1. The van der Waals surface area contributed by atoms with Crippen LogP contribution in [0.2, 0.25) is 0 Å². The molecule has 0 fully saturated rings. The fourth-order valence-electron chi connectivity index (χ4n) is 1.73. The largest absolute Gasteiger partial charge is 0.478 e. The zero-order chi connectivity index (χ0) is 13.0. The highest BCUT2D eigenvalue weighted by Gasteiger charge is 2.17. The number of esters is 1. The lowest BCUT2D eigenvalue weighted by molar-refractivity contribution is -0.147. The maximum atomic E-state index is 11.3. The SMILES string of the molecule is COC(=O)C(C)Oc1c(C)cc(CN)cc1C. The van der Waals surface area contributed by atoms with Crippen LogP contribution in [0.3, 0.4) is 0 Å². The van der Waals surface area contributed by atoms with Crippen molar-refractivity contribution in [2.24, 2.45) is 5.73 Å². The van der Waals surface area contributed by atoms with Gasteiger partial charge in [-0.25, -0.2) is 4.79 Å². The molecule has 1 aromatic rings. The van der Waals surface area contributed by atoms with Crippen LogP contribution in [-0.4, -0.2) is 19.2 Å². The van der Waals surface area contributed by atoms with Crippen LogP contribution in [0.15, 0.2) is 12.1 Å². The van der Waals surface area contributed by atoms with E-state index in [0.717, 1.165) is 22.4 Å². The molecule has 1 unspecified atom stereocenters. The van der Waals surface area contributed by atoms with Crippen LogP contribution in [0.4, 0.5) is 0 Å². The lowest BCUT2D eigenvalue weighted by Gasteiger charge is -2.17. The van der Waals surface area contributed by atoms with Crippen molar-refractivity contribution in [1.82, 2.24) is 0 Å². The Kier molecular flexibility index (Phi) is 4.52. The van der Waals surface area contributed by atoms with Crippen LogP contribution >= 0.6 is 0 Å². The number of methoxy groups -OCH3 is 1. The molecule has 0 bridgehead atoms. The quantitative estimate of drug-likeness (QED) is 0.810. The molecule has 0 saturated heterocycles. The summed E-state index contributed by atoms with van der Waals surface area (Å²) in [5.74, 6) is 0.340. The van der Waals surface area contributed by atoms with E-state index in [1.54, 1.807) is 6.92 Å². The average molecular weight is 237 g/mol. The van der Waals surface area contributed by atoms with Gasteiger partial charge in [-0.05, 0) is 37.5 Å². The van der Waals surface area contributed by atoms with Crippen LogP contribution < -0.4 is 10.5 Å². The minimum absolute atomic E-state index is 0.383. The number of hydrogen-bond acceptors (Lipinski definition) is 4. The number of rotatable bonds is 4. The summed E-state index contributed by atoms with van der Waals surface area (Å²) >= 11 is 0. The second kappa shape index (κ2) is 5.68. The van der Waals surface area contributed by atoms with Crippen molar-refractivity contribution < 1.29 is 14.3 Å². The molecule has 0 aliphatic carbocycles. The minimum Gasteiger partial charge on any atom is -0.478 e. The molecular weight excluding hydrogens is 218 g/mol. The van der Waals surface area contributed by atoms with Crippen LogP contribution in [0.1, 0.15) is 23.6 Å². The Hall–Kier alpha value is -1.55. The third kappa shape index (κ3) is 3.20. The third-order valence-corrected chi connectivity index (χ3v) is 2.58. The van der Waals surface area contributed by atoms with Gasteiger partial charge < -0.3 is 15.2 Å². The van der Waals surface area contributed by atoms with Gasteiger partial charge in [0.1, 0.15) is 5.75 Å². The normalized spacial score (nSPS) is 12.1. The Labute approximate surface area is 102 Å². The van der Waals surface area contributed by atoms with E-state index in [9.17, 15) is 4.79 Å². The summed E-state index contributed by atoms with van der Waals surface area (Å²) < 4.78 is 10.2. The lowest BCUT2D eigenvalue weighted by Crippen LogP contribution is -2.25. The Morgan fingerprint density at radius 2 is 1.88 bits per heavy atom. The molecule has 4 nitrogen and oxygen atoms in total. The first kappa shape index (κ1) is 13.5. The van der Waals surface area contributed by atoms with Crippen molar-refractivity contribution in [2.75, 3.05) is 7.11 Å². The summed E-state index contributed by atoms with van der Waals surface area (Å²) in [6.07, 6.45) is -0.610. The average Bonchev–Trinajstić information content (AvgIpc) is 2.31. The first-order valence-electron chi connectivity index (χ1n) is 5.54. The van der Waals surface area contributed by atoms with Crippen LogP contribution in [0.5, 0.6) is 5.75 Å². The van der Waals surface area contributed by atoms with Gasteiger partial charge in [0, 0.05) is 6.54 Å². The summed E-state index contributed by atoms with van der Waals surface area (Å²) in [6.45, 7) is 6.03. The van der Waals surface area contributed by atoms with Crippen molar-refractivity contribution in [3.8, 4) is 5.75 Å². The number of ether oxygens (including phenoxy) is 2. The molecule has 1 aromatic carbocycles. The summed E-state index contributed by atoms with van der Waals surface area (Å²) in [4.78, 5) is 11.3. The highest BCUT2D eigenvalue weighted by molar-refractivity contribution is 5.74. The number of hydrogen-bond donors (Lipinski definition) is 1. The number of carbonyl (C=O) groups is 1. The van der Waals surface area contributed by atoms with E-state index in [-0.39, 0.29) is 5.97 Å². The number of carbonyl (C=O) groups excluding carboxylic acids is 1. The standard InChI is InChI=1S/C13H19NO3/c1-8-5-11(7-14)6-9(2)12(8)17-10(3)13(15)16-4/h5-6,10H,7,14H2,1-4H3. The molecule has 0 radical (unpaired) electrons. The molecule has 1 rings (SSSR count). The van der Waals surface area contributed by atoms with E-state index in [2.05, 4.69) is 4.74 Å². The zero-order valence-corrected chi connectivity index (χ0v) is 10.7. The molecule has 0 spiro atoms. The van der Waals surface area contributed by atoms with Crippen molar-refractivity contribution in [2.45, 2.75) is 33.4 Å². The number of benzene rings is 1. The summed E-state index contributed by atoms with van der Waals surface area (Å²) in [5.41, 5.74) is 8.59. The van der Waals surface area contributed by atoms with Gasteiger partial charge in [-0.1, -0.05) is 12.1 Å².